The van der Waals surface area contributed by atoms with Crippen molar-refractivity contribution in [2.45, 2.75) is 6.18 Å². The van der Waals surface area contributed by atoms with E-state index in [9.17, 15) is 28.1 Å². The van der Waals surface area contributed by atoms with Crippen LogP contribution in [0.15, 0.2) is 18.2 Å². The number of hydrogen-bond acceptors (Lipinski definition) is 3. The van der Waals surface area contributed by atoms with Crippen LogP contribution in [0, 0.1) is 10.1 Å². The Morgan fingerprint density at radius 1 is 1.38 bits per heavy atom. The van der Waals surface area contributed by atoms with Gasteiger partial charge in [0.1, 0.15) is 5.56 Å². The van der Waals surface area contributed by atoms with Crippen LogP contribution < -0.4 is 0 Å². The van der Waals surface area contributed by atoms with E-state index in [4.69, 9.17) is 5.11 Å². The number of carboxylic acid groups (broad SMARTS) is 1. The highest BCUT2D eigenvalue weighted by Gasteiger charge is 2.38. The maximum absolute atomic E-state index is 12.4. The van der Waals surface area contributed by atoms with Gasteiger partial charge in [0.2, 0.25) is 0 Å². The van der Waals surface area contributed by atoms with Crippen LogP contribution in [0.1, 0.15) is 15.9 Å². The molecule has 0 aromatic heterocycles. The molecule has 0 bridgehead atoms. The summed E-state index contributed by atoms with van der Waals surface area (Å²) >= 11 is 0. The summed E-state index contributed by atoms with van der Waals surface area (Å²) in [5.41, 5.74) is -3.40. The molecule has 8 heteroatoms. The standard InChI is InChI=1S/C8H4F3NO4/c9-8(10,11)5-3-4(7(13)14)1-2-6(5)12(15)16/h1-3H,(H,13,14). The molecule has 0 saturated heterocycles. The monoisotopic (exact) mass is 235 g/mol. The summed E-state index contributed by atoms with van der Waals surface area (Å²) in [6.07, 6.45) is -4.96. The maximum Gasteiger partial charge on any atom is 0.423 e. The molecule has 1 N–H and O–H groups in total. The van der Waals surface area contributed by atoms with Crippen molar-refractivity contribution in [1.29, 1.82) is 0 Å². The second kappa shape index (κ2) is 3.80. The van der Waals surface area contributed by atoms with Gasteiger partial charge >= 0.3 is 12.1 Å². The van der Waals surface area contributed by atoms with Crippen molar-refractivity contribution in [2.24, 2.45) is 0 Å². The number of halogens is 3. The van der Waals surface area contributed by atoms with Gasteiger partial charge in [-0.2, -0.15) is 13.2 Å². The molecule has 0 saturated carbocycles. The normalized spacial score (nSPS) is 11.2. The topological polar surface area (TPSA) is 80.4 Å². The van der Waals surface area contributed by atoms with Crippen LogP contribution in [-0.2, 0) is 6.18 Å². The molecule has 5 nitrogen and oxygen atoms in total. The zero-order valence-electron chi connectivity index (χ0n) is 7.49. The fraction of sp³-hybridized carbons (Fsp3) is 0.125. The largest absolute Gasteiger partial charge is 0.478 e. The average molecular weight is 235 g/mol. The molecule has 0 heterocycles. The van der Waals surface area contributed by atoms with Crippen LogP contribution in [0.4, 0.5) is 18.9 Å². The molecule has 0 fully saturated rings. The van der Waals surface area contributed by atoms with Crippen LogP contribution in [-0.4, -0.2) is 16.0 Å². The minimum Gasteiger partial charge on any atom is -0.478 e. The van der Waals surface area contributed by atoms with Gasteiger partial charge in [0.25, 0.3) is 5.69 Å². The number of hydrogen-bond donors (Lipinski definition) is 1. The van der Waals surface area contributed by atoms with Crippen LogP contribution in [0.3, 0.4) is 0 Å². The van der Waals surface area contributed by atoms with Crippen molar-refractivity contribution in [3.8, 4) is 0 Å². The van der Waals surface area contributed by atoms with Gasteiger partial charge in [0, 0.05) is 6.07 Å². The Kier molecular flexibility index (Phi) is 2.84. The molecule has 0 aliphatic heterocycles. The third-order valence-electron chi connectivity index (χ3n) is 1.75. The number of rotatable bonds is 2. The molecule has 1 rings (SSSR count). The Bertz CT molecular complexity index is 455. The van der Waals surface area contributed by atoms with Gasteiger partial charge in [-0.05, 0) is 12.1 Å². The van der Waals surface area contributed by atoms with Crippen LogP contribution in [0.25, 0.3) is 0 Å². The van der Waals surface area contributed by atoms with E-state index in [0.29, 0.717) is 6.07 Å². The Labute approximate surface area is 86.3 Å². The van der Waals surface area contributed by atoms with Crippen LogP contribution in [0.2, 0.25) is 0 Å². The first-order valence-corrected chi connectivity index (χ1v) is 3.82. The van der Waals surface area contributed by atoms with Crippen molar-refractivity contribution in [3.63, 3.8) is 0 Å². The number of carboxylic acids is 1. The summed E-state index contributed by atoms with van der Waals surface area (Å²) in [5, 5.41) is 18.8. The molecule has 0 radical (unpaired) electrons. The van der Waals surface area contributed by atoms with E-state index >= 15 is 0 Å². The minimum absolute atomic E-state index is 0.237. The third-order valence-corrected chi connectivity index (χ3v) is 1.75. The summed E-state index contributed by atoms with van der Waals surface area (Å²) in [6.45, 7) is 0. The fourth-order valence-corrected chi connectivity index (χ4v) is 1.06. The zero-order chi connectivity index (χ0) is 12.5. The van der Waals surface area contributed by atoms with Crippen molar-refractivity contribution >= 4 is 11.7 Å². The molecular formula is C8H4F3NO4. The molecule has 0 spiro atoms. The second-order valence-electron chi connectivity index (χ2n) is 2.79. The van der Waals surface area contributed by atoms with Crippen molar-refractivity contribution in [2.75, 3.05) is 0 Å². The van der Waals surface area contributed by atoms with Crippen LogP contribution in [0.5, 0.6) is 0 Å². The summed E-state index contributed by atoms with van der Waals surface area (Å²) in [7, 11) is 0. The number of alkyl halides is 3. The van der Waals surface area contributed by atoms with Gasteiger partial charge in [0.15, 0.2) is 0 Å². The molecule has 0 aliphatic carbocycles. The first kappa shape index (κ1) is 12.0. The lowest BCUT2D eigenvalue weighted by atomic mass is 10.1. The van der Waals surface area contributed by atoms with E-state index in [0.717, 1.165) is 6.07 Å². The summed E-state index contributed by atoms with van der Waals surface area (Å²) in [4.78, 5) is 19.5. The number of nitrogens with zero attached hydrogens (tertiary/aromatic N) is 1. The van der Waals surface area contributed by atoms with Crippen LogP contribution >= 0.6 is 0 Å². The molecule has 0 unspecified atom stereocenters. The molecule has 86 valence electrons. The lowest BCUT2D eigenvalue weighted by Crippen LogP contribution is -2.10. The molecule has 0 amide bonds. The highest BCUT2D eigenvalue weighted by molar-refractivity contribution is 5.88. The third kappa shape index (κ3) is 2.27. The molecule has 0 aliphatic rings. The first-order chi connectivity index (χ1) is 7.23. The Morgan fingerprint density at radius 2 is 1.94 bits per heavy atom. The Morgan fingerprint density at radius 3 is 2.31 bits per heavy atom. The van der Waals surface area contributed by atoms with E-state index in [1.165, 1.54) is 0 Å². The number of nitro groups is 1. The predicted molar refractivity (Wildman–Crippen MR) is 45.1 cm³/mol. The molecule has 16 heavy (non-hydrogen) atoms. The van der Waals surface area contributed by atoms with E-state index in [-0.39, 0.29) is 6.07 Å². The minimum atomic E-state index is -4.96. The van der Waals surface area contributed by atoms with Gasteiger partial charge in [-0.15, -0.1) is 0 Å². The number of benzene rings is 1. The van der Waals surface area contributed by atoms with Crippen molar-refractivity contribution in [3.05, 3.63) is 39.4 Å². The molecule has 1 aromatic rings. The average Bonchev–Trinajstić information content (AvgIpc) is 2.15. The number of nitro benzene ring substituents is 1. The van der Waals surface area contributed by atoms with E-state index in [1.807, 2.05) is 0 Å². The number of carbonyl (C=O) groups is 1. The maximum atomic E-state index is 12.4. The smallest absolute Gasteiger partial charge is 0.423 e. The molecule has 0 atom stereocenters. The lowest BCUT2D eigenvalue weighted by Gasteiger charge is -2.07. The Hall–Kier alpha value is -2.12. The van der Waals surface area contributed by atoms with Gasteiger partial charge in [-0.3, -0.25) is 10.1 Å². The lowest BCUT2D eigenvalue weighted by molar-refractivity contribution is -0.388. The summed E-state index contributed by atoms with van der Waals surface area (Å²) < 4.78 is 37.1. The van der Waals surface area contributed by atoms with Crippen molar-refractivity contribution in [1.82, 2.24) is 0 Å². The van der Waals surface area contributed by atoms with Gasteiger partial charge in [-0.25, -0.2) is 4.79 Å². The number of aromatic carboxylic acids is 1. The second-order valence-corrected chi connectivity index (χ2v) is 2.79. The van der Waals surface area contributed by atoms with Crippen molar-refractivity contribution < 1.29 is 28.0 Å². The van der Waals surface area contributed by atoms with E-state index < -0.39 is 33.9 Å². The summed E-state index contributed by atoms with van der Waals surface area (Å²) in [5.74, 6) is -1.58. The van der Waals surface area contributed by atoms with Gasteiger partial charge < -0.3 is 5.11 Å². The zero-order valence-corrected chi connectivity index (χ0v) is 7.49. The predicted octanol–water partition coefficient (Wildman–Crippen LogP) is 2.31. The van der Waals surface area contributed by atoms with Gasteiger partial charge in [0.05, 0.1) is 10.5 Å². The first-order valence-electron chi connectivity index (χ1n) is 3.82. The van der Waals surface area contributed by atoms with E-state index in [1.54, 1.807) is 0 Å². The fourth-order valence-electron chi connectivity index (χ4n) is 1.06. The Balaban J connectivity index is 3.45. The van der Waals surface area contributed by atoms with Gasteiger partial charge in [-0.1, -0.05) is 0 Å². The molecule has 1 aromatic carbocycles. The quantitative estimate of drug-likeness (QED) is 0.629. The summed E-state index contributed by atoms with van der Waals surface area (Å²) in [6, 6.07) is 1.50. The SMILES string of the molecule is O=C(O)c1ccc([N+](=O)[O-])c(C(F)(F)F)c1. The highest BCUT2D eigenvalue weighted by atomic mass is 19.4. The highest BCUT2D eigenvalue weighted by Crippen LogP contribution is 2.36. The van der Waals surface area contributed by atoms with E-state index in [2.05, 4.69) is 0 Å². The molecular weight excluding hydrogens is 231 g/mol.